The van der Waals surface area contributed by atoms with E-state index in [-0.39, 0.29) is 0 Å². The van der Waals surface area contributed by atoms with Crippen LogP contribution in [0.3, 0.4) is 0 Å². The molecule has 80 heavy (non-hydrogen) atoms. The van der Waals surface area contributed by atoms with Crippen molar-refractivity contribution < 1.29 is 0 Å². The number of nitriles is 1. The summed E-state index contributed by atoms with van der Waals surface area (Å²) in [7, 11) is 4.12. The highest BCUT2D eigenvalue weighted by molar-refractivity contribution is 5.83. The molecule has 5 nitrogen and oxygen atoms in total. The minimum atomic E-state index is 0.655. The van der Waals surface area contributed by atoms with E-state index in [2.05, 4.69) is 312 Å². The summed E-state index contributed by atoms with van der Waals surface area (Å²) in [5.74, 6) is 0. The number of nitrogens with zero attached hydrogens (tertiary/aromatic N) is 5. The summed E-state index contributed by atoms with van der Waals surface area (Å²) in [6.45, 7) is 0. The van der Waals surface area contributed by atoms with Crippen molar-refractivity contribution in [2.75, 3.05) is 33.7 Å². The molecule has 0 spiro atoms. The molecule has 0 aromatic heterocycles. The van der Waals surface area contributed by atoms with E-state index in [0.717, 1.165) is 62.3 Å². The zero-order valence-electron chi connectivity index (χ0n) is 44.8. The Hall–Kier alpha value is -10.7. The topological polar surface area (TPSA) is 36.8 Å². The van der Waals surface area contributed by atoms with Gasteiger partial charge in [-0.3, -0.25) is 0 Å². The summed E-state index contributed by atoms with van der Waals surface area (Å²) in [6.07, 6.45) is 0. The van der Waals surface area contributed by atoms with Gasteiger partial charge in [-0.2, -0.15) is 5.26 Å². The maximum absolute atomic E-state index is 9.24. The van der Waals surface area contributed by atoms with Crippen molar-refractivity contribution in [3.63, 3.8) is 0 Å². The Labute approximate surface area is 471 Å². The zero-order valence-corrected chi connectivity index (χ0v) is 44.8. The van der Waals surface area contributed by atoms with Crippen molar-refractivity contribution in [3.8, 4) is 50.6 Å². The molecule has 0 heterocycles. The molecule has 5 heteroatoms. The zero-order chi connectivity index (χ0) is 54.5. The summed E-state index contributed by atoms with van der Waals surface area (Å²) >= 11 is 0. The minimum absolute atomic E-state index is 0.655. The molecule has 12 aromatic carbocycles. The molecule has 0 amide bonds. The van der Waals surface area contributed by atoms with Crippen LogP contribution in [0, 0.1) is 11.3 Å². The van der Waals surface area contributed by atoms with Gasteiger partial charge in [0.05, 0.1) is 11.6 Å². The molecule has 0 N–H and O–H groups in total. The maximum Gasteiger partial charge on any atom is 0.0992 e. The van der Waals surface area contributed by atoms with Gasteiger partial charge in [0, 0.05) is 71.0 Å². The number of hydrogen-bond acceptors (Lipinski definition) is 5. The molecule has 0 radical (unpaired) electrons. The third-order valence-corrected chi connectivity index (χ3v) is 14.4. The van der Waals surface area contributed by atoms with Gasteiger partial charge in [-0.05, 0) is 172 Å². The molecule has 0 saturated heterocycles. The monoisotopic (exact) mass is 1030 g/mol. The summed E-state index contributed by atoms with van der Waals surface area (Å²) in [4.78, 5) is 8.89. The van der Waals surface area contributed by atoms with Gasteiger partial charge in [0.1, 0.15) is 0 Å². The van der Waals surface area contributed by atoms with Crippen LogP contribution in [0.1, 0.15) is 5.56 Å². The van der Waals surface area contributed by atoms with E-state index in [4.69, 9.17) is 0 Å². The summed E-state index contributed by atoms with van der Waals surface area (Å²) in [5.41, 5.74) is 21.3. The Bertz CT molecular complexity index is 3920. The average molecular weight is 1030 g/mol. The predicted molar refractivity (Wildman–Crippen MR) is 338 cm³/mol. The molecule has 0 bridgehead atoms. The standard InChI is InChI=1S/C38H29N3.C37H30N2/c1-40(38-14-8-9-29(27-38)28-39)34-21-15-32(16-22-34)33-19-25-37(26-20-33)41(35-12-6-3-7-13-35)36-23-17-31(18-24-36)30-10-4-2-5-11-30;1-38(33-15-7-3-8-16-33)34-24-20-30(21-25-34)31-22-26-36(27-23-31)39(35-17-9-4-10-18-35)37-19-11-14-32(28-37)29-12-5-2-6-13-29/h2-27H,1H3;2-28H,1H3. The van der Waals surface area contributed by atoms with Crippen LogP contribution in [-0.2, 0) is 0 Å². The van der Waals surface area contributed by atoms with Crippen LogP contribution < -0.4 is 19.6 Å². The molecule has 0 saturated carbocycles. The number of anilines is 10. The van der Waals surface area contributed by atoms with Crippen molar-refractivity contribution in [2.45, 2.75) is 0 Å². The van der Waals surface area contributed by atoms with Gasteiger partial charge < -0.3 is 19.6 Å². The lowest BCUT2D eigenvalue weighted by molar-refractivity contribution is 1.21. The van der Waals surface area contributed by atoms with Crippen LogP contribution in [0.5, 0.6) is 0 Å². The smallest absolute Gasteiger partial charge is 0.0992 e. The van der Waals surface area contributed by atoms with Gasteiger partial charge in [0.2, 0.25) is 0 Å². The third kappa shape index (κ3) is 12.0. The lowest BCUT2D eigenvalue weighted by Crippen LogP contribution is -2.09. The molecule has 0 aliphatic rings. The van der Waals surface area contributed by atoms with E-state index in [9.17, 15) is 5.26 Å². The fraction of sp³-hybridized carbons (Fsp3) is 0.0267. The molecule has 0 unspecified atom stereocenters. The Morgan fingerprint density at radius 1 is 0.212 bits per heavy atom. The fourth-order valence-electron chi connectivity index (χ4n) is 10.0. The van der Waals surface area contributed by atoms with Gasteiger partial charge in [-0.25, -0.2) is 0 Å². The molecule has 0 fully saturated rings. The molecule has 0 aliphatic carbocycles. The molecule has 384 valence electrons. The van der Waals surface area contributed by atoms with E-state index < -0.39 is 0 Å². The van der Waals surface area contributed by atoms with Crippen LogP contribution >= 0.6 is 0 Å². The van der Waals surface area contributed by atoms with Crippen molar-refractivity contribution >= 4 is 56.9 Å². The van der Waals surface area contributed by atoms with E-state index in [1.807, 2.05) is 49.5 Å². The van der Waals surface area contributed by atoms with E-state index >= 15 is 0 Å². The summed E-state index contributed by atoms with van der Waals surface area (Å²) in [5, 5.41) is 9.24. The third-order valence-electron chi connectivity index (χ3n) is 14.4. The second-order valence-corrected chi connectivity index (χ2v) is 19.5. The molecular formula is C75H59N5. The quantitative estimate of drug-likeness (QED) is 0.108. The van der Waals surface area contributed by atoms with Crippen LogP contribution in [0.15, 0.2) is 322 Å². The highest BCUT2D eigenvalue weighted by atomic mass is 15.1. The Balaban J connectivity index is 0.000000169. The van der Waals surface area contributed by atoms with Crippen LogP contribution in [0.4, 0.5) is 56.9 Å². The van der Waals surface area contributed by atoms with Gasteiger partial charge >= 0.3 is 0 Å². The number of rotatable bonds is 14. The first-order valence-corrected chi connectivity index (χ1v) is 26.9. The van der Waals surface area contributed by atoms with E-state index in [1.54, 1.807) is 0 Å². The first-order chi connectivity index (χ1) is 39.5. The van der Waals surface area contributed by atoms with Gasteiger partial charge in [0.25, 0.3) is 0 Å². The molecule has 12 rings (SSSR count). The highest BCUT2D eigenvalue weighted by Crippen LogP contribution is 2.40. The fourth-order valence-corrected chi connectivity index (χ4v) is 10.0. The molecular weight excluding hydrogens is 971 g/mol. The molecule has 0 atom stereocenters. The maximum atomic E-state index is 9.24. The largest absolute Gasteiger partial charge is 0.345 e. The van der Waals surface area contributed by atoms with Crippen LogP contribution in [0.25, 0.3) is 44.5 Å². The van der Waals surface area contributed by atoms with Gasteiger partial charge in [0.15, 0.2) is 0 Å². The minimum Gasteiger partial charge on any atom is -0.345 e. The molecule has 12 aromatic rings. The first kappa shape index (κ1) is 51.4. The van der Waals surface area contributed by atoms with Crippen LogP contribution in [-0.4, -0.2) is 14.1 Å². The predicted octanol–water partition coefficient (Wildman–Crippen LogP) is 20.4. The van der Waals surface area contributed by atoms with Crippen molar-refractivity contribution in [3.05, 3.63) is 327 Å². The Kier molecular flexibility index (Phi) is 15.8. The average Bonchev–Trinajstić information content (AvgIpc) is 3.56. The SMILES string of the molecule is CN(c1ccc(-c2ccc(N(c3ccccc3)c3ccc(-c4ccccc4)cc3)cc2)cc1)c1cccc(C#N)c1.CN(c1ccccc1)c1ccc(-c2ccc(N(c3ccccc3)c3cccc(-c4ccccc4)c3)cc2)cc1. The number of hydrogen-bond donors (Lipinski definition) is 0. The summed E-state index contributed by atoms with van der Waals surface area (Å²) < 4.78 is 0. The Morgan fingerprint density at radius 2 is 0.463 bits per heavy atom. The van der Waals surface area contributed by atoms with Crippen molar-refractivity contribution in [1.82, 2.24) is 0 Å². The van der Waals surface area contributed by atoms with Crippen molar-refractivity contribution in [2.24, 2.45) is 0 Å². The molecule has 0 aliphatic heterocycles. The first-order valence-electron chi connectivity index (χ1n) is 26.9. The lowest BCUT2D eigenvalue weighted by atomic mass is 10.0. The van der Waals surface area contributed by atoms with E-state index in [1.165, 1.54) is 39.1 Å². The van der Waals surface area contributed by atoms with Gasteiger partial charge in [-0.15, -0.1) is 0 Å². The number of para-hydroxylation sites is 3. The van der Waals surface area contributed by atoms with E-state index in [0.29, 0.717) is 5.56 Å². The number of benzene rings is 12. The lowest BCUT2D eigenvalue weighted by Gasteiger charge is -2.26. The summed E-state index contributed by atoms with van der Waals surface area (Å²) in [6, 6.07) is 115. The second kappa shape index (κ2) is 24.5. The second-order valence-electron chi connectivity index (χ2n) is 19.5. The Morgan fingerprint density at radius 3 is 0.863 bits per heavy atom. The normalized spacial score (nSPS) is 10.6. The van der Waals surface area contributed by atoms with Crippen LogP contribution in [0.2, 0.25) is 0 Å². The highest BCUT2D eigenvalue weighted by Gasteiger charge is 2.16. The van der Waals surface area contributed by atoms with Crippen molar-refractivity contribution in [1.29, 1.82) is 5.26 Å². The van der Waals surface area contributed by atoms with Gasteiger partial charge in [-0.1, -0.05) is 194 Å².